The fourth-order valence-electron chi connectivity index (χ4n) is 2.99. The van der Waals surface area contributed by atoms with Crippen LogP contribution in [0.2, 0.25) is 0 Å². The van der Waals surface area contributed by atoms with Gasteiger partial charge < -0.3 is 15.3 Å². The number of nitrogens with one attached hydrogen (secondary N) is 1. The highest BCUT2D eigenvalue weighted by molar-refractivity contribution is 5.99. The van der Waals surface area contributed by atoms with Crippen LogP contribution in [0.15, 0.2) is 36.4 Å². The molecule has 0 radical (unpaired) electrons. The highest BCUT2D eigenvalue weighted by Gasteiger charge is 2.35. The van der Waals surface area contributed by atoms with Crippen molar-refractivity contribution in [2.45, 2.75) is 32.4 Å². The molecule has 2 N–H and O–H groups in total. The molecule has 0 unspecified atom stereocenters. The molecule has 2 amide bonds. The van der Waals surface area contributed by atoms with Crippen LogP contribution < -0.4 is 5.32 Å². The summed E-state index contributed by atoms with van der Waals surface area (Å²) in [4.78, 5) is 38.1. The Hall–Kier alpha value is -3.16. The summed E-state index contributed by atoms with van der Waals surface area (Å²) in [5.41, 5.74) is 0.400. The number of carbonyl (C=O) groups excluding carboxylic acids is 2. The second kappa shape index (κ2) is 6.99. The van der Waals surface area contributed by atoms with Crippen LogP contribution in [-0.2, 0) is 4.79 Å². The Balaban J connectivity index is 1.88. The molecule has 3 rings (SSSR count). The largest absolute Gasteiger partial charge is 0.476 e. The van der Waals surface area contributed by atoms with Crippen LogP contribution in [0.25, 0.3) is 5.69 Å². The van der Waals surface area contributed by atoms with Gasteiger partial charge in [0.1, 0.15) is 11.7 Å². The normalized spacial score (nSPS) is 17.0. The average Bonchev–Trinajstić information content (AvgIpc) is 3.20. The lowest BCUT2D eigenvalue weighted by Crippen LogP contribution is -2.43. The van der Waals surface area contributed by atoms with E-state index < -0.39 is 17.9 Å². The van der Waals surface area contributed by atoms with Crippen molar-refractivity contribution in [1.29, 1.82) is 0 Å². The molecule has 0 bridgehead atoms. The van der Waals surface area contributed by atoms with Gasteiger partial charge in [-0.25, -0.2) is 9.48 Å². The summed E-state index contributed by atoms with van der Waals surface area (Å²) in [5, 5.41) is 15.9. The van der Waals surface area contributed by atoms with E-state index in [1.165, 1.54) is 10.7 Å². The summed E-state index contributed by atoms with van der Waals surface area (Å²) >= 11 is 0. The average molecular weight is 356 g/mol. The lowest BCUT2D eigenvalue weighted by molar-refractivity contribution is -0.130. The molecule has 1 aromatic carbocycles. The lowest BCUT2D eigenvalue weighted by Gasteiger charge is -2.21. The summed E-state index contributed by atoms with van der Waals surface area (Å²) < 4.78 is 1.28. The lowest BCUT2D eigenvalue weighted by atomic mass is 10.2. The van der Waals surface area contributed by atoms with Crippen molar-refractivity contribution in [2.24, 2.45) is 0 Å². The number of carboxylic acids is 1. The molecule has 2 heterocycles. The Morgan fingerprint density at radius 2 is 1.96 bits per heavy atom. The molecular weight excluding hydrogens is 336 g/mol. The predicted octanol–water partition coefficient (Wildman–Crippen LogP) is 1.31. The molecular formula is C18H20N4O4. The topological polar surface area (TPSA) is 105 Å². The Morgan fingerprint density at radius 3 is 2.54 bits per heavy atom. The zero-order valence-electron chi connectivity index (χ0n) is 14.5. The highest BCUT2D eigenvalue weighted by atomic mass is 16.4. The number of aromatic carboxylic acids is 1. The third-order valence-electron chi connectivity index (χ3n) is 4.33. The van der Waals surface area contributed by atoms with E-state index in [0.29, 0.717) is 18.7 Å². The minimum absolute atomic E-state index is 0.0675. The maximum absolute atomic E-state index is 12.7. The van der Waals surface area contributed by atoms with Gasteiger partial charge in [0.2, 0.25) is 5.91 Å². The first-order valence-electron chi connectivity index (χ1n) is 8.38. The fourth-order valence-corrected chi connectivity index (χ4v) is 2.99. The first-order chi connectivity index (χ1) is 12.4. The molecule has 0 saturated carbocycles. The Bertz CT molecular complexity index is 844. The van der Waals surface area contributed by atoms with Crippen molar-refractivity contribution in [2.75, 3.05) is 6.54 Å². The van der Waals surface area contributed by atoms with Crippen molar-refractivity contribution >= 4 is 17.8 Å². The Kier molecular flexibility index (Phi) is 4.75. The predicted molar refractivity (Wildman–Crippen MR) is 93.2 cm³/mol. The van der Waals surface area contributed by atoms with E-state index in [1.54, 1.807) is 29.2 Å². The first-order valence-corrected chi connectivity index (χ1v) is 8.38. The van der Waals surface area contributed by atoms with Crippen LogP contribution in [0.1, 0.15) is 41.2 Å². The van der Waals surface area contributed by atoms with Gasteiger partial charge >= 0.3 is 5.97 Å². The fraction of sp³-hybridized carbons (Fsp3) is 0.333. The van der Waals surface area contributed by atoms with Gasteiger partial charge in [0.15, 0.2) is 5.69 Å². The van der Waals surface area contributed by atoms with Gasteiger partial charge in [-0.05, 0) is 32.4 Å². The van der Waals surface area contributed by atoms with Crippen molar-refractivity contribution in [3.05, 3.63) is 47.8 Å². The number of hydrogen-bond donors (Lipinski definition) is 2. The van der Waals surface area contributed by atoms with Crippen molar-refractivity contribution in [3.8, 4) is 5.69 Å². The SMILES string of the molecule is CC(C)N1CC[C@@H](NC(=O)c2cc(C(=O)O)nn2-c2ccccc2)C1=O. The third-order valence-corrected chi connectivity index (χ3v) is 4.33. The monoisotopic (exact) mass is 356 g/mol. The maximum atomic E-state index is 12.7. The van der Waals surface area contributed by atoms with Crippen LogP contribution >= 0.6 is 0 Å². The first kappa shape index (κ1) is 17.7. The molecule has 1 aliphatic rings. The van der Waals surface area contributed by atoms with E-state index in [9.17, 15) is 19.5 Å². The molecule has 1 saturated heterocycles. The maximum Gasteiger partial charge on any atom is 0.356 e. The quantitative estimate of drug-likeness (QED) is 0.840. The zero-order valence-corrected chi connectivity index (χ0v) is 14.5. The van der Waals surface area contributed by atoms with E-state index in [4.69, 9.17) is 0 Å². The Morgan fingerprint density at radius 1 is 1.27 bits per heavy atom. The molecule has 1 aromatic heterocycles. The Labute approximate surface area is 150 Å². The summed E-state index contributed by atoms with van der Waals surface area (Å²) in [6, 6.07) is 9.44. The molecule has 26 heavy (non-hydrogen) atoms. The number of nitrogens with zero attached hydrogens (tertiary/aromatic N) is 3. The third kappa shape index (κ3) is 3.30. The van der Waals surface area contributed by atoms with E-state index in [0.717, 1.165) is 0 Å². The molecule has 2 aromatic rings. The van der Waals surface area contributed by atoms with Crippen molar-refractivity contribution in [3.63, 3.8) is 0 Å². The molecule has 0 spiro atoms. The smallest absolute Gasteiger partial charge is 0.356 e. The van der Waals surface area contributed by atoms with Crippen LogP contribution in [-0.4, -0.2) is 56.2 Å². The number of carboxylic acid groups (broad SMARTS) is 1. The van der Waals surface area contributed by atoms with Gasteiger partial charge in [0, 0.05) is 18.7 Å². The number of benzene rings is 1. The highest BCUT2D eigenvalue weighted by Crippen LogP contribution is 2.17. The molecule has 1 atom stereocenters. The number of rotatable bonds is 5. The molecule has 8 heteroatoms. The summed E-state index contributed by atoms with van der Waals surface area (Å²) in [5.74, 6) is -1.88. The second-order valence-electron chi connectivity index (χ2n) is 6.41. The van der Waals surface area contributed by atoms with E-state index in [2.05, 4.69) is 10.4 Å². The molecule has 0 aliphatic carbocycles. The number of carbonyl (C=O) groups is 3. The van der Waals surface area contributed by atoms with Crippen LogP contribution in [0.3, 0.4) is 0 Å². The van der Waals surface area contributed by atoms with Crippen LogP contribution in [0, 0.1) is 0 Å². The minimum Gasteiger partial charge on any atom is -0.476 e. The zero-order chi connectivity index (χ0) is 18.8. The number of amides is 2. The van der Waals surface area contributed by atoms with Gasteiger partial charge in [0.05, 0.1) is 5.69 Å². The molecule has 136 valence electrons. The van der Waals surface area contributed by atoms with Crippen LogP contribution in [0.5, 0.6) is 0 Å². The number of likely N-dealkylation sites (tertiary alicyclic amines) is 1. The van der Waals surface area contributed by atoms with Gasteiger partial charge in [-0.15, -0.1) is 0 Å². The van der Waals surface area contributed by atoms with E-state index in [1.807, 2.05) is 19.9 Å². The summed E-state index contributed by atoms with van der Waals surface area (Å²) in [6.45, 7) is 4.43. The van der Waals surface area contributed by atoms with Gasteiger partial charge in [0.25, 0.3) is 5.91 Å². The number of aromatic nitrogens is 2. The number of para-hydroxylation sites is 1. The minimum atomic E-state index is -1.23. The molecule has 1 fully saturated rings. The molecule has 1 aliphatic heterocycles. The van der Waals surface area contributed by atoms with E-state index in [-0.39, 0.29) is 23.3 Å². The van der Waals surface area contributed by atoms with Crippen molar-refractivity contribution in [1.82, 2.24) is 20.0 Å². The standard InChI is InChI=1S/C18H20N4O4/c1-11(2)21-9-8-13(17(21)24)19-16(23)15-10-14(18(25)26)20-22(15)12-6-4-3-5-7-12/h3-7,10-11,13H,8-9H2,1-2H3,(H,19,23)(H,25,26)/t13-/m1/s1. The summed E-state index contributed by atoms with van der Waals surface area (Å²) in [6.07, 6.45) is 0.522. The number of hydrogen-bond acceptors (Lipinski definition) is 4. The van der Waals surface area contributed by atoms with Gasteiger partial charge in [-0.2, -0.15) is 5.10 Å². The van der Waals surface area contributed by atoms with Crippen molar-refractivity contribution < 1.29 is 19.5 Å². The van der Waals surface area contributed by atoms with Gasteiger partial charge in [-0.1, -0.05) is 18.2 Å². The van der Waals surface area contributed by atoms with E-state index >= 15 is 0 Å². The van der Waals surface area contributed by atoms with Gasteiger partial charge in [-0.3, -0.25) is 9.59 Å². The van der Waals surface area contributed by atoms with Crippen LogP contribution in [0.4, 0.5) is 0 Å². The second-order valence-corrected chi connectivity index (χ2v) is 6.41. The molecule has 8 nitrogen and oxygen atoms in total. The summed E-state index contributed by atoms with van der Waals surface area (Å²) in [7, 11) is 0.